The van der Waals surface area contributed by atoms with Crippen molar-refractivity contribution in [3.05, 3.63) is 76.9 Å². The van der Waals surface area contributed by atoms with Gasteiger partial charge in [0.2, 0.25) is 5.88 Å². The number of ether oxygens (including phenoxy) is 2. The summed E-state index contributed by atoms with van der Waals surface area (Å²) in [6.07, 6.45) is 7.85. The van der Waals surface area contributed by atoms with Gasteiger partial charge in [-0.25, -0.2) is 19.3 Å². The molecule has 39 heavy (non-hydrogen) atoms. The Balaban J connectivity index is 1.25. The normalized spacial score (nSPS) is 15.9. The molecule has 1 atom stereocenters. The van der Waals surface area contributed by atoms with E-state index in [1.165, 1.54) is 11.0 Å². The van der Waals surface area contributed by atoms with E-state index in [4.69, 9.17) is 9.47 Å². The van der Waals surface area contributed by atoms with E-state index in [1.54, 1.807) is 17.1 Å². The number of benzene rings is 1. The number of aromatic nitrogens is 8. The third-order valence-corrected chi connectivity index (χ3v) is 7.23. The summed E-state index contributed by atoms with van der Waals surface area (Å²) in [5.41, 5.74) is 3.61. The van der Waals surface area contributed by atoms with E-state index in [2.05, 4.69) is 25.1 Å². The molecule has 1 aromatic carbocycles. The average Bonchev–Trinajstić information content (AvgIpc) is 3.51. The fraction of sp³-hybridized carbons (Fsp3) is 0.286. The minimum Gasteiger partial charge on any atom is -0.438 e. The standard InChI is InChI=1S/C28H26N8O3/c1-17-6-5-7-18(33-17)15-35-28(37)25-21(13-31-35)20-10-9-19(12-23(20)34(25)2)39-27-22-14-32-36(26(22)29-16-30-27)24-8-3-4-11-38-24/h5-7,9-10,12-14,16,24H,3-4,8,11,15H2,1-2H3. The maximum absolute atomic E-state index is 13.4. The van der Waals surface area contributed by atoms with E-state index in [0.717, 1.165) is 53.5 Å². The van der Waals surface area contributed by atoms with E-state index in [0.29, 0.717) is 34.7 Å². The van der Waals surface area contributed by atoms with Gasteiger partial charge in [0.25, 0.3) is 5.56 Å². The van der Waals surface area contributed by atoms with Crippen LogP contribution in [0.25, 0.3) is 32.8 Å². The first-order valence-corrected chi connectivity index (χ1v) is 13.0. The number of pyridine rings is 1. The lowest BCUT2D eigenvalue weighted by Crippen LogP contribution is -2.24. The molecule has 0 amide bonds. The first-order chi connectivity index (χ1) is 19.1. The van der Waals surface area contributed by atoms with Gasteiger partial charge in [-0.1, -0.05) is 6.07 Å². The topological polar surface area (TPSA) is 115 Å². The van der Waals surface area contributed by atoms with Crippen molar-refractivity contribution in [1.82, 2.24) is 39.1 Å². The monoisotopic (exact) mass is 522 g/mol. The van der Waals surface area contributed by atoms with Crippen molar-refractivity contribution in [3.8, 4) is 11.6 Å². The van der Waals surface area contributed by atoms with Crippen molar-refractivity contribution in [2.75, 3.05) is 6.61 Å². The molecule has 1 saturated heterocycles. The van der Waals surface area contributed by atoms with E-state index in [-0.39, 0.29) is 11.8 Å². The Hall–Kier alpha value is -4.64. The number of hydrogen-bond acceptors (Lipinski definition) is 8. The van der Waals surface area contributed by atoms with Crippen LogP contribution in [0.1, 0.15) is 36.9 Å². The molecule has 0 saturated carbocycles. The van der Waals surface area contributed by atoms with Gasteiger partial charge < -0.3 is 14.0 Å². The maximum Gasteiger partial charge on any atom is 0.291 e. The zero-order valence-corrected chi connectivity index (χ0v) is 21.6. The fourth-order valence-corrected chi connectivity index (χ4v) is 5.32. The number of rotatable bonds is 5. The predicted octanol–water partition coefficient (Wildman–Crippen LogP) is 4.27. The van der Waals surface area contributed by atoms with Crippen LogP contribution in [0.4, 0.5) is 0 Å². The molecule has 0 bridgehead atoms. The molecule has 196 valence electrons. The van der Waals surface area contributed by atoms with Gasteiger partial charge in [-0.05, 0) is 50.5 Å². The van der Waals surface area contributed by atoms with E-state index in [1.807, 2.05) is 54.9 Å². The summed E-state index contributed by atoms with van der Waals surface area (Å²) in [6, 6.07) is 11.5. The Morgan fingerprint density at radius 1 is 1.05 bits per heavy atom. The molecule has 11 nitrogen and oxygen atoms in total. The van der Waals surface area contributed by atoms with E-state index >= 15 is 0 Å². The summed E-state index contributed by atoms with van der Waals surface area (Å²) in [6.45, 7) is 2.95. The number of hydrogen-bond donors (Lipinski definition) is 0. The van der Waals surface area contributed by atoms with Crippen molar-refractivity contribution in [2.24, 2.45) is 7.05 Å². The summed E-state index contributed by atoms with van der Waals surface area (Å²) >= 11 is 0. The van der Waals surface area contributed by atoms with E-state index in [9.17, 15) is 4.79 Å². The van der Waals surface area contributed by atoms with Gasteiger partial charge >= 0.3 is 0 Å². The minimum absolute atomic E-state index is 0.134. The van der Waals surface area contributed by atoms with Crippen molar-refractivity contribution in [3.63, 3.8) is 0 Å². The van der Waals surface area contributed by atoms with Crippen molar-refractivity contribution in [2.45, 2.75) is 39.0 Å². The third kappa shape index (κ3) is 4.02. The van der Waals surface area contributed by atoms with Crippen LogP contribution in [-0.2, 0) is 18.3 Å². The molecule has 5 aromatic heterocycles. The summed E-state index contributed by atoms with van der Waals surface area (Å²) in [7, 11) is 1.88. The molecule has 6 aromatic rings. The highest BCUT2D eigenvalue weighted by atomic mass is 16.5. The molecule has 0 radical (unpaired) electrons. The first kappa shape index (κ1) is 23.5. The highest BCUT2D eigenvalue weighted by Crippen LogP contribution is 2.33. The molecule has 1 aliphatic rings. The SMILES string of the molecule is Cc1cccc(Cn2ncc3c4ccc(Oc5ncnc6c5cnn6C5CCCCO5)cc4n(C)c3c2=O)n1. The van der Waals surface area contributed by atoms with Gasteiger partial charge in [-0.15, -0.1) is 0 Å². The number of fused-ring (bicyclic) bond motifs is 4. The van der Waals surface area contributed by atoms with Gasteiger partial charge in [0, 0.05) is 36.2 Å². The highest BCUT2D eigenvalue weighted by molar-refractivity contribution is 6.07. The molecule has 6 heterocycles. The van der Waals surface area contributed by atoms with Crippen LogP contribution in [0.3, 0.4) is 0 Å². The molecular formula is C28H26N8O3. The molecule has 0 N–H and O–H groups in total. The van der Waals surface area contributed by atoms with Crippen LogP contribution in [-0.4, -0.2) is 45.7 Å². The van der Waals surface area contributed by atoms with Crippen molar-refractivity contribution < 1.29 is 9.47 Å². The van der Waals surface area contributed by atoms with Crippen LogP contribution in [0.15, 0.2) is 59.9 Å². The summed E-state index contributed by atoms with van der Waals surface area (Å²) in [5, 5.41) is 11.4. The van der Waals surface area contributed by atoms with Crippen molar-refractivity contribution >= 4 is 32.8 Å². The second kappa shape index (κ2) is 9.28. The average molecular weight is 523 g/mol. The molecular weight excluding hydrogens is 496 g/mol. The van der Waals surface area contributed by atoms with Crippen molar-refractivity contribution in [1.29, 1.82) is 0 Å². The lowest BCUT2D eigenvalue weighted by atomic mass is 10.2. The first-order valence-electron chi connectivity index (χ1n) is 13.0. The fourth-order valence-electron chi connectivity index (χ4n) is 5.32. The number of aryl methyl sites for hydroxylation is 2. The second-order valence-electron chi connectivity index (χ2n) is 9.81. The predicted molar refractivity (Wildman–Crippen MR) is 145 cm³/mol. The van der Waals surface area contributed by atoms with Crippen LogP contribution < -0.4 is 10.3 Å². The summed E-state index contributed by atoms with van der Waals surface area (Å²) in [4.78, 5) is 26.8. The summed E-state index contributed by atoms with van der Waals surface area (Å²) < 4.78 is 17.3. The van der Waals surface area contributed by atoms with Crippen LogP contribution in [0.5, 0.6) is 11.6 Å². The Bertz CT molecular complexity index is 1920. The second-order valence-corrected chi connectivity index (χ2v) is 9.81. The zero-order chi connectivity index (χ0) is 26.5. The molecule has 11 heteroatoms. The largest absolute Gasteiger partial charge is 0.438 e. The van der Waals surface area contributed by atoms with Gasteiger partial charge in [-0.3, -0.25) is 9.78 Å². The van der Waals surface area contributed by atoms with Crippen LogP contribution >= 0.6 is 0 Å². The van der Waals surface area contributed by atoms with Gasteiger partial charge in [0.15, 0.2) is 11.9 Å². The Morgan fingerprint density at radius 3 is 2.79 bits per heavy atom. The maximum atomic E-state index is 13.4. The van der Waals surface area contributed by atoms with E-state index < -0.39 is 0 Å². The molecule has 0 spiro atoms. The van der Waals surface area contributed by atoms with Gasteiger partial charge in [0.05, 0.1) is 30.1 Å². The molecule has 1 fully saturated rings. The Labute approximate surface area is 222 Å². The van der Waals surface area contributed by atoms with Gasteiger partial charge in [-0.2, -0.15) is 10.2 Å². The van der Waals surface area contributed by atoms with Gasteiger partial charge in [0.1, 0.15) is 23.0 Å². The molecule has 7 rings (SSSR count). The molecule has 0 aliphatic carbocycles. The lowest BCUT2D eigenvalue weighted by Gasteiger charge is -2.22. The minimum atomic E-state index is -0.174. The highest BCUT2D eigenvalue weighted by Gasteiger charge is 2.21. The molecule has 1 aliphatic heterocycles. The zero-order valence-electron chi connectivity index (χ0n) is 21.6. The quantitative estimate of drug-likeness (QED) is 0.330. The third-order valence-electron chi connectivity index (χ3n) is 7.23. The number of nitrogens with zero attached hydrogens (tertiary/aromatic N) is 8. The molecule has 1 unspecified atom stereocenters. The van der Waals surface area contributed by atoms with Crippen LogP contribution in [0, 0.1) is 6.92 Å². The Morgan fingerprint density at radius 2 is 1.95 bits per heavy atom. The summed E-state index contributed by atoms with van der Waals surface area (Å²) in [5.74, 6) is 1.00. The Kier molecular flexibility index (Phi) is 5.58. The lowest BCUT2D eigenvalue weighted by molar-refractivity contribution is -0.0370. The smallest absolute Gasteiger partial charge is 0.291 e. The van der Waals surface area contributed by atoms with Crippen LogP contribution in [0.2, 0.25) is 0 Å².